The molecule has 1 unspecified atom stereocenters. The fraction of sp³-hybridized carbons (Fsp3) is 0.846. The van der Waals surface area contributed by atoms with Crippen LogP contribution in [0.25, 0.3) is 0 Å². The number of hydrogen-bond donors (Lipinski definition) is 1. The van der Waals surface area contributed by atoms with E-state index in [0.29, 0.717) is 17.2 Å². The summed E-state index contributed by atoms with van der Waals surface area (Å²) in [5, 5.41) is 12.3. The van der Waals surface area contributed by atoms with E-state index < -0.39 is 0 Å². The minimum atomic E-state index is 0.588. The first-order valence-corrected chi connectivity index (χ1v) is 7.94. The summed E-state index contributed by atoms with van der Waals surface area (Å²) in [6.45, 7) is 5.15. The van der Waals surface area contributed by atoms with Crippen molar-refractivity contribution in [3.63, 3.8) is 0 Å². The van der Waals surface area contributed by atoms with Crippen LogP contribution in [0.4, 0.5) is 0 Å². The summed E-state index contributed by atoms with van der Waals surface area (Å²) in [6.07, 6.45) is 6.70. The number of hydrogen-bond acceptors (Lipinski definition) is 5. The molecule has 0 aliphatic heterocycles. The molecule has 1 N–H and O–H groups in total. The molecular formula is C13H23N3OS. The fourth-order valence-electron chi connectivity index (χ4n) is 2.55. The van der Waals surface area contributed by atoms with Crippen LogP contribution in [0.2, 0.25) is 0 Å². The van der Waals surface area contributed by atoms with Crippen LogP contribution in [0.5, 0.6) is 0 Å². The van der Waals surface area contributed by atoms with Crippen LogP contribution in [-0.2, 0) is 0 Å². The van der Waals surface area contributed by atoms with Gasteiger partial charge in [0.15, 0.2) is 0 Å². The van der Waals surface area contributed by atoms with E-state index in [0.717, 1.165) is 18.2 Å². The maximum atomic E-state index is 5.41. The number of aryl methyl sites for hydroxylation is 1. The first kappa shape index (κ1) is 13.9. The molecule has 1 atom stereocenters. The highest BCUT2D eigenvalue weighted by atomic mass is 32.2. The highest BCUT2D eigenvalue weighted by Gasteiger charge is 2.25. The minimum Gasteiger partial charge on any atom is -0.416 e. The predicted octanol–water partition coefficient (Wildman–Crippen LogP) is 3.03. The summed E-state index contributed by atoms with van der Waals surface area (Å²) < 4.78 is 5.41. The van der Waals surface area contributed by atoms with Crippen molar-refractivity contribution in [1.82, 2.24) is 15.5 Å². The van der Waals surface area contributed by atoms with Crippen molar-refractivity contribution < 1.29 is 4.42 Å². The fourth-order valence-corrected chi connectivity index (χ4v) is 3.54. The van der Waals surface area contributed by atoms with Crippen molar-refractivity contribution in [2.24, 2.45) is 5.92 Å². The molecule has 1 aromatic heterocycles. The Kier molecular flexibility index (Phi) is 5.50. The Balaban J connectivity index is 1.83. The van der Waals surface area contributed by atoms with Crippen LogP contribution in [-0.4, -0.2) is 28.5 Å². The van der Waals surface area contributed by atoms with Crippen molar-refractivity contribution in [3.8, 4) is 0 Å². The van der Waals surface area contributed by atoms with Gasteiger partial charge in [-0.15, -0.1) is 10.2 Å². The molecule has 102 valence electrons. The second kappa shape index (κ2) is 7.14. The van der Waals surface area contributed by atoms with Crippen molar-refractivity contribution in [2.45, 2.75) is 57.2 Å². The molecule has 0 amide bonds. The maximum Gasteiger partial charge on any atom is 0.276 e. The second-order valence-electron chi connectivity index (χ2n) is 5.00. The largest absolute Gasteiger partial charge is 0.416 e. The molecular weight excluding hydrogens is 246 g/mol. The van der Waals surface area contributed by atoms with Gasteiger partial charge >= 0.3 is 0 Å². The van der Waals surface area contributed by atoms with E-state index >= 15 is 0 Å². The molecule has 18 heavy (non-hydrogen) atoms. The van der Waals surface area contributed by atoms with Gasteiger partial charge < -0.3 is 9.73 Å². The van der Waals surface area contributed by atoms with E-state index in [1.54, 1.807) is 11.8 Å². The molecule has 1 fully saturated rings. The molecule has 4 nitrogen and oxygen atoms in total. The van der Waals surface area contributed by atoms with E-state index in [1.165, 1.54) is 32.1 Å². The summed E-state index contributed by atoms with van der Waals surface area (Å²) in [5.74, 6) is 2.51. The third kappa shape index (κ3) is 3.99. The van der Waals surface area contributed by atoms with Gasteiger partial charge in [0.05, 0.1) is 0 Å². The standard InChI is InChI=1S/C13H23N3OS/c1-3-8-14-12(11-6-4-5-7-11)9-18-13-16-15-10(2)17-13/h11-12,14H,3-9H2,1-2H3. The lowest BCUT2D eigenvalue weighted by Crippen LogP contribution is -2.37. The first-order valence-electron chi connectivity index (χ1n) is 6.96. The summed E-state index contributed by atoms with van der Waals surface area (Å²) in [5.41, 5.74) is 0. The Morgan fingerprint density at radius 1 is 1.39 bits per heavy atom. The van der Waals surface area contributed by atoms with Crippen LogP contribution in [0.3, 0.4) is 0 Å². The second-order valence-corrected chi connectivity index (χ2v) is 5.97. The lowest BCUT2D eigenvalue weighted by Gasteiger charge is -2.23. The van der Waals surface area contributed by atoms with Crippen molar-refractivity contribution >= 4 is 11.8 Å². The molecule has 0 bridgehead atoms. The smallest absolute Gasteiger partial charge is 0.276 e. The minimum absolute atomic E-state index is 0.588. The quantitative estimate of drug-likeness (QED) is 0.771. The molecule has 1 heterocycles. The molecule has 0 saturated heterocycles. The average Bonchev–Trinajstić information content (AvgIpc) is 3.01. The van der Waals surface area contributed by atoms with Gasteiger partial charge in [-0.2, -0.15) is 0 Å². The zero-order valence-electron chi connectivity index (χ0n) is 11.3. The van der Waals surface area contributed by atoms with Crippen LogP contribution in [0.15, 0.2) is 9.64 Å². The Bertz CT molecular complexity index is 350. The molecule has 5 heteroatoms. The molecule has 0 spiro atoms. The van der Waals surface area contributed by atoms with E-state index in [4.69, 9.17) is 4.42 Å². The van der Waals surface area contributed by atoms with Gasteiger partial charge in [-0.25, -0.2) is 0 Å². The third-order valence-corrected chi connectivity index (χ3v) is 4.46. The Labute approximate surface area is 113 Å². The summed E-state index contributed by atoms with van der Waals surface area (Å²) in [6, 6.07) is 0.588. The summed E-state index contributed by atoms with van der Waals surface area (Å²) in [7, 11) is 0. The monoisotopic (exact) mass is 269 g/mol. The van der Waals surface area contributed by atoms with Gasteiger partial charge in [0.2, 0.25) is 5.89 Å². The molecule has 1 aliphatic carbocycles. The number of aromatic nitrogens is 2. The molecule has 0 aromatic carbocycles. The van der Waals surface area contributed by atoms with Crippen molar-refractivity contribution in [2.75, 3.05) is 12.3 Å². The SMILES string of the molecule is CCCNC(CSc1nnc(C)o1)C1CCCC1. The Hall–Kier alpha value is -0.550. The van der Waals surface area contributed by atoms with E-state index in [2.05, 4.69) is 22.4 Å². The highest BCUT2D eigenvalue weighted by molar-refractivity contribution is 7.99. The lowest BCUT2D eigenvalue weighted by atomic mass is 10.00. The number of thioether (sulfide) groups is 1. The van der Waals surface area contributed by atoms with Gasteiger partial charge in [-0.05, 0) is 31.7 Å². The van der Waals surface area contributed by atoms with E-state index in [1.807, 2.05) is 6.92 Å². The van der Waals surface area contributed by atoms with Crippen LogP contribution in [0, 0.1) is 12.8 Å². The predicted molar refractivity (Wildman–Crippen MR) is 73.8 cm³/mol. The Morgan fingerprint density at radius 3 is 2.78 bits per heavy atom. The lowest BCUT2D eigenvalue weighted by molar-refractivity contribution is 0.385. The Morgan fingerprint density at radius 2 is 2.17 bits per heavy atom. The van der Waals surface area contributed by atoms with Gasteiger partial charge in [0.1, 0.15) is 0 Å². The topological polar surface area (TPSA) is 51.0 Å². The van der Waals surface area contributed by atoms with E-state index in [9.17, 15) is 0 Å². The van der Waals surface area contributed by atoms with Crippen LogP contribution in [0.1, 0.15) is 44.9 Å². The molecule has 1 saturated carbocycles. The molecule has 2 rings (SSSR count). The number of nitrogens with zero attached hydrogens (tertiary/aromatic N) is 2. The zero-order chi connectivity index (χ0) is 12.8. The maximum absolute atomic E-state index is 5.41. The molecule has 0 radical (unpaired) electrons. The summed E-state index contributed by atoms with van der Waals surface area (Å²) in [4.78, 5) is 0. The van der Waals surface area contributed by atoms with Gasteiger partial charge in [0.25, 0.3) is 5.22 Å². The van der Waals surface area contributed by atoms with Crippen LogP contribution >= 0.6 is 11.8 Å². The van der Waals surface area contributed by atoms with Crippen molar-refractivity contribution in [3.05, 3.63) is 5.89 Å². The molecule has 1 aromatic rings. The molecule has 1 aliphatic rings. The van der Waals surface area contributed by atoms with Crippen LogP contribution < -0.4 is 5.32 Å². The van der Waals surface area contributed by atoms with E-state index in [-0.39, 0.29) is 0 Å². The van der Waals surface area contributed by atoms with Crippen molar-refractivity contribution in [1.29, 1.82) is 0 Å². The van der Waals surface area contributed by atoms with Gasteiger partial charge in [0, 0.05) is 18.7 Å². The van der Waals surface area contributed by atoms with Gasteiger partial charge in [-0.1, -0.05) is 31.5 Å². The summed E-state index contributed by atoms with van der Waals surface area (Å²) >= 11 is 1.68. The number of nitrogens with one attached hydrogen (secondary N) is 1. The highest BCUT2D eigenvalue weighted by Crippen LogP contribution is 2.30. The zero-order valence-corrected chi connectivity index (χ0v) is 12.1. The number of rotatable bonds is 7. The normalized spacial score (nSPS) is 18.3. The first-order chi connectivity index (χ1) is 8.79. The average molecular weight is 269 g/mol. The van der Waals surface area contributed by atoms with Gasteiger partial charge in [-0.3, -0.25) is 0 Å². The third-order valence-electron chi connectivity index (χ3n) is 3.52.